The molecule has 0 heterocycles. The number of nitrogens with one attached hydrogen (secondary N) is 2. The van der Waals surface area contributed by atoms with Crippen LogP contribution in [0, 0.1) is 0 Å². The Hall–Kier alpha value is -3.22. The highest BCUT2D eigenvalue weighted by Gasteiger charge is 2.15. The molecule has 0 aromatic heterocycles. The number of benzene rings is 2. The van der Waals surface area contributed by atoms with Crippen LogP contribution >= 0.6 is 0 Å². The summed E-state index contributed by atoms with van der Waals surface area (Å²) < 4.78 is 10.5. The third kappa shape index (κ3) is 5.37. The Bertz CT molecular complexity index is 789. The topological polar surface area (TPSA) is 96.9 Å². The lowest BCUT2D eigenvalue weighted by Gasteiger charge is -2.19. The lowest BCUT2D eigenvalue weighted by Crippen LogP contribution is -2.37. The van der Waals surface area contributed by atoms with E-state index in [0.717, 1.165) is 11.1 Å². The van der Waals surface area contributed by atoms with Gasteiger partial charge in [-0.25, -0.2) is 9.59 Å². The van der Waals surface area contributed by atoms with Crippen molar-refractivity contribution in [2.75, 3.05) is 14.2 Å². The van der Waals surface area contributed by atoms with Gasteiger partial charge in [0.2, 0.25) is 0 Å². The van der Waals surface area contributed by atoms with Gasteiger partial charge in [-0.15, -0.1) is 0 Å². The summed E-state index contributed by atoms with van der Waals surface area (Å²) in [6.45, 7) is 2.28. The van der Waals surface area contributed by atoms with E-state index in [9.17, 15) is 9.59 Å². The van der Waals surface area contributed by atoms with Crippen LogP contribution in [0.5, 0.6) is 11.5 Å². The number of methoxy groups -OCH3 is 2. The maximum Gasteiger partial charge on any atom is 0.335 e. The first kappa shape index (κ1) is 20.1. The Balaban J connectivity index is 1.97. The quantitative estimate of drug-likeness (QED) is 0.660. The first-order valence-corrected chi connectivity index (χ1v) is 8.57. The van der Waals surface area contributed by atoms with Gasteiger partial charge < -0.3 is 25.2 Å². The number of carbonyl (C=O) groups excluding carboxylic acids is 1. The Morgan fingerprint density at radius 3 is 2.26 bits per heavy atom. The van der Waals surface area contributed by atoms with E-state index in [2.05, 4.69) is 10.6 Å². The Morgan fingerprint density at radius 2 is 1.70 bits per heavy atom. The maximum atomic E-state index is 12.2. The highest BCUT2D eigenvalue weighted by molar-refractivity contribution is 5.87. The minimum atomic E-state index is -0.979. The normalized spacial score (nSPS) is 11.4. The van der Waals surface area contributed by atoms with Crippen LogP contribution in [-0.2, 0) is 6.54 Å². The second-order valence-electron chi connectivity index (χ2n) is 5.90. The molecule has 27 heavy (non-hydrogen) atoms. The van der Waals surface area contributed by atoms with E-state index in [1.54, 1.807) is 32.4 Å². The average molecular weight is 372 g/mol. The van der Waals surface area contributed by atoms with Gasteiger partial charge in [-0.2, -0.15) is 0 Å². The molecule has 144 valence electrons. The molecule has 7 nitrogen and oxygen atoms in total. The number of hydrogen-bond donors (Lipinski definition) is 3. The SMILES string of the molecule is CCC(NC(=O)NCc1ccc(C(=O)O)cc1)c1ccc(OC)c(OC)c1. The third-order valence-electron chi connectivity index (χ3n) is 4.18. The summed E-state index contributed by atoms with van der Waals surface area (Å²) in [5.41, 5.74) is 1.94. The number of hydrogen-bond acceptors (Lipinski definition) is 4. The molecule has 1 atom stereocenters. The van der Waals surface area contributed by atoms with Crippen molar-refractivity contribution in [3.63, 3.8) is 0 Å². The second kappa shape index (κ2) is 9.47. The van der Waals surface area contributed by atoms with Gasteiger partial charge in [-0.3, -0.25) is 0 Å². The fraction of sp³-hybridized carbons (Fsp3) is 0.300. The van der Waals surface area contributed by atoms with Gasteiger partial charge in [0.15, 0.2) is 11.5 Å². The minimum absolute atomic E-state index is 0.181. The molecule has 2 aromatic rings. The molecule has 3 N–H and O–H groups in total. The molecular weight excluding hydrogens is 348 g/mol. The predicted octanol–water partition coefficient (Wildman–Crippen LogP) is 3.35. The lowest BCUT2D eigenvalue weighted by molar-refractivity contribution is 0.0697. The molecule has 0 bridgehead atoms. The number of carbonyl (C=O) groups is 2. The van der Waals surface area contributed by atoms with E-state index >= 15 is 0 Å². The fourth-order valence-corrected chi connectivity index (χ4v) is 2.65. The molecule has 0 aliphatic heterocycles. The Morgan fingerprint density at radius 1 is 1.04 bits per heavy atom. The molecular formula is C20H24N2O5. The summed E-state index contributed by atoms with van der Waals surface area (Å²) >= 11 is 0. The summed E-state index contributed by atoms with van der Waals surface area (Å²) in [4.78, 5) is 23.1. The maximum absolute atomic E-state index is 12.2. The van der Waals surface area contributed by atoms with E-state index in [-0.39, 0.29) is 17.6 Å². The summed E-state index contributed by atoms with van der Waals surface area (Å²) in [5.74, 6) is 0.257. The van der Waals surface area contributed by atoms with Gasteiger partial charge >= 0.3 is 12.0 Å². The summed E-state index contributed by atoms with van der Waals surface area (Å²) in [6.07, 6.45) is 0.705. The van der Waals surface area contributed by atoms with E-state index in [1.165, 1.54) is 12.1 Å². The van der Waals surface area contributed by atoms with Gasteiger partial charge in [-0.1, -0.05) is 25.1 Å². The number of rotatable bonds is 8. The molecule has 0 saturated heterocycles. The van der Waals surface area contributed by atoms with Gasteiger partial charge in [0.1, 0.15) is 0 Å². The molecule has 1 unspecified atom stereocenters. The number of carboxylic acid groups (broad SMARTS) is 1. The van der Waals surface area contributed by atoms with E-state index in [0.29, 0.717) is 24.5 Å². The van der Waals surface area contributed by atoms with Crippen molar-refractivity contribution >= 4 is 12.0 Å². The van der Waals surface area contributed by atoms with Gasteiger partial charge in [0.05, 0.1) is 25.8 Å². The molecule has 0 fully saturated rings. The number of urea groups is 1. The molecule has 2 aromatic carbocycles. The zero-order valence-corrected chi connectivity index (χ0v) is 15.6. The highest BCUT2D eigenvalue weighted by atomic mass is 16.5. The number of carboxylic acids is 1. The van der Waals surface area contributed by atoms with Gasteiger partial charge in [0, 0.05) is 6.54 Å². The largest absolute Gasteiger partial charge is 0.493 e. The predicted molar refractivity (Wildman–Crippen MR) is 101 cm³/mol. The first-order chi connectivity index (χ1) is 13.0. The molecule has 0 aliphatic rings. The first-order valence-electron chi connectivity index (χ1n) is 8.57. The van der Waals surface area contributed by atoms with Crippen LogP contribution in [0.15, 0.2) is 42.5 Å². The Labute approximate surface area is 158 Å². The van der Waals surface area contributed by atoms with Crippen molar-refractivity contribution in [3.05, 3.63) is 59.2 Å². The second-order valence-corrected chi connectivity index (χ2v) is 5.90. The van der Waals surface area contributed by atoms with Gasteiger partial charge in [-0.05, 0) is 41.8 Å². The standard InChI is InChI=1S/C20H24N2O5/c1-4-16(15-9-10-17(26-2)18(11-15)27-3)22-20(25)21-12-13-5-7-14(8-6-13)19(23)24/h5-11,16H,4,12H2,1-3H3,(H,23,24)(H2,21,22,25). The fourth-order valence-electron chi connectivity index (χ4n) is 2.65. The zero-order valence-electron chi connectivity index (χ0n) is 15.6. The molecule has 0 radical (unpaired) electrons. The summed E-state index contributed by atoms with van der Waals surface area (Å²) in [5, 5.41) is 14.6. The van der Waals surface area contributed by atoms with Crippen molar-refractivity contribution in [1.82, 2.24) is 10.6 Å². The summed E-state index contributed by atoms with van der Waals surface area (Å²) in [7, 11) is 3.14. The van der Waals surface area contributed by atoms with E-state index in [4.69, 9.17) is 14.6 Å². The van der Waals surface area contributed by atoms with Crippen molar-refractivity contribution in [2.24, 2.45) is 0 Å². The third-order valence-corrected chi connectivity index (χ3v) is 4.18. The highest BCUT2D eigenvalue weighted by Crippen LogP contribution is 2.30. The van der Waals surface area contributed by atoms with Crippen LogP contribution in [0.3, 0.4) is 0 Å². The van der Waals surface area contributed by atoms with Crippen LogP contribution in [0.2, 0.25) is 0 Å². The van der Waals surface area contributed by atoms with Crippen molar-refractivity contribution in [2.45, 2.75) is 25.9 Å². The van der Waals surface area contributed by atoms with Crippen LogP contribution in [0.4, 0.5) is 4.79 Å². The number of ether oxygens (including phenoxy) is 2. The minimum Gasteiger partial charge on any atom is -0.493 e. The zero-order chi connectivity index (χ0) is 19.8. The number of aromatic carboxylic acids is 1. The molecule has 0 spiro atoms. The lowest BCUT2D eigenvalue weighted by atomic mass is 10.0. The van der Waals surface area contributed by atoms with Crippen molar-refractivity contribution in [3.8, 4) is 11.5 Å². The van der Waals surface area contributed by atoms with Crippen LogP contribution in [0.25, 0.3) is 0 Å². The summed E-state index contributed by atoms with van der Waals surface area (Å²) in [6, 6.07) is 11.4. The molecule has 2 amide bonds. The monoisotopic (exact) mass is 372 g/mol. The molecule has 2 rings (SSSR count). The van der Waals surface area contributed by atoms with Gasteiger partial charge in [0.25, 0.3) is 0 Å². The van der Waals surface area contributed by atoms with E-state index < -0.39 is 5.97 Å². The average Bonchev–Trinajstić information content (AvgIpc) is 2.70. The van der Waals surface area contributed by atoms with Crippen LogP contribution in [0.1, 0.15) is 40.9 Å². The Kier molecular flexibility index (Phi) is 7.05. The molecule has 0 aliphatic carbocycles. The van der Waals surface area contributed by atoms with Crippen molar-refractivity contribution < 1.29 is 24.2 Å². The number of amides is 2. The van der Waals surface area contributed by atoms with Crippen LogP contribution in [-0.4, -0.2) is 31.3 Å². The van der Waals surface area contributed by atoms with Crippen LogP contribution < -0.4 is 20.1 Å². The van der Waals surface area contributed by atoms with Crippen molar-refractivity contribution in [1.29, 1.82) is 0 Å². The molecule has 7 heteroatoms. The van der Waals surface area contributed by atoms with E-state index in [1.807, 2.05) is 19.1 Å². The molecule has 0 saturated carbocycles. The smallest absolute Gasteiger partial charge is 0.335 e.